The lowest BCUT2D eigenvalue weighted by Gasteiger charge is -1.92. The maximum atomic E-state index is 8.71. The van der Waals surface area contributed by atoms with Crippen LogP contribution in [0.5, 0.6) is 5.75 Å². The fraction of sp³-hybridized carbons (Fsp3) is 0. The van der Waals surface area contributed by atoms with Gasteiger partial charge in [0.05, 0.1) is 0 Å². The van der Waals surface area contributed by atoms with Gasteiger partial charge in [-0.1, -0.05) is 0 Å². The lowest BCUT2D eigenvalue weighted by molar-refractivity contribution is 0.478. The van der Waals surface area contributed by atoms with Gasteiger partial charge in [0.1, 0.15) is 0 Å². The lowest BCUT2D eigenvalue weighted by atomic mass is 10.6. The summed E-state index contributed by atoms with van der Waals surface area (Å²) in [4.78, 5) is 0. The fourth-order valence-electron chi connectivity index (χ4n) is 0.449. The molecular formula is C4H7N3O. The van der Waals surface area contributed by atoms with Crippen LogP contribution < -0.4 is 11.6 Å². The van der Waals surface area contributed by atoms with E-state index in [2.05, 4.69) is 0 Å². The second-order valence-electron chi connectivity index (χ2n) is 1.49. The summed E-state index contributed by atoms with van der Waals surface area (Å²) in [5, 5.41) is 8.71. The molecule has 4 nitrogen and oxygen atoms in total. The van der Waals surface area contributed by atoms with Crippen LogP contribution in [0, 0.1) is 0 Å². The molecular weight excluding hydrogens is 106 g/mol. The molecule has 0 atom stereocenters. The minimum atomic E-state index is 0.0208. The number of rotatable bonds is 0. The van der Waals surface area contributed by atoms with Gasteiger partial charge in [0.25, 0.3) is 0 Å². The van der Waals surface area contributed by atoms with Crippen LogP contribution in [-0.4, -0.2) is 9.78 Å². The van der Waals surface area contributed by atoms with Crippen LogP contribution in [0.1, 0.15) is 0 Å². The second kappa shape index (κ2) is 1.33. The van der Waals surface area contributed by atoms with E-state index >= 15 is 0 Å². The first-order valence-electron chi connectivity index (χ1n) is 2.12. The van der Waals surface area contributed by atoms with Gasteiger partial charge in [0, 0.05) is 12.3 Å². The average molecular weight is 113 g/mol. The molecule has 44 valence electrons. The van der Waals surface area contributed by atoms with Gasteiger partial charge in [0.15, 0.2) is 11.6 Å². The maximum Gasteiger partial charge on any atom is 0.164 e. The van der Waals surface area contributed by atoms with E-state index in [1.54, 1.807) is 0 Å². The van der Waals surface area contributed by atoms with Crippen molar-refractivity contribution in [2.24, 2.45) is 0 Å². The molecule has 8 heavy (non-hydrogen) atoms. The Balaban J connectivity index is 3.19. The predicted molar refractivity (Wildman–Crippen MR) is 30.7 cm³/mol. The van der Waals surface area contributed by atoms with E-state index in [0.29, 0.717) is 0 Å². The van der Waals surface area contributed by atoms with Crippen molar-refractivity contribution in [1.82, 2.24) is 4.68 Å². The molecule has 0 aromatic carbocycles. The summed E-state index contributed by atoms with van der Waals surface area (Å²) in [6, 6.07) is 1.43. The quantitative estimate of drug-likeness (QED) is 0.396. The van der Waals surface area contributed by atoms with Gasteiger partial charge < -0.3 is 16.7 Å². The minimum absolute atomic E-state index is 0.0208. The van der Waals surface area contributed by atoms with Gasteiger partial charge in [0.2, 0.25) is 0 Å². The molecule has 1 heterocycles. The molecule has 0 radical (unpaired) electrons. The number of nitrogens with two attached hydrogens (primary N) is 2. The number of nitrogens with zero attached hydrogens (tertiary/aromatic N) is 1. The van der Waals surface area contributed by atoms with Crippen molar-refractivity contribution in [3.8, 4) is 5.75 Å². The first-order chi connectivity index (χ1) is 3.72. The van der Waals surface area contributed by atoms with E-state index in [9.17, 15) is 0 Å². The molecule has 1 aromatic heterocycles. The highest BCUT2D eigenvalue weighted by Gasteiger charge is 1.97. The zero-order valence-corrected chi connectivity index (χ0v) is 4.20. The van der Waals surface area contributed by atoms with Crippen LogP contribution >= 0.6 is 0 Å². The number of aromatic nitrogens is 1. The first-order valence-corrected chi connectivity index (χ1v) is 2.12. The first kappa shape index (κ1) is 4.83. The zero-order chi connectivity index (χ0) is 6.15. The number of hydrogen-bond donors (Lipinski definition) is 3. The van der Waals surface area contributed by atoms with Gasteiger partial charge in [-0.05, 0) is 0 Å². The number of hydrogen-bond acceptors (Lipinski definition) is 3. The molecule has 0 aliphatic carbocycles. The van der Waals surface area contributed by atoms with E-state index in [-0.39, 0.29) is 11.6 Å². The van der Waals surface area contributed by atoms with E-state index < -0.39 is 0 Å². The molecule has 0 aliphatic heterocycles. The largest absolute Gasteiger partial charge is 0.504 e. The highest BCUT2D eigenvalue weighted by atomic mass is 16.3. The topological polar surface area (TPSA) is 77.2 Å². The summed E-state index contributed by atoms with van der Waals surface area (Å²) in [6.07, 6.45) is 1.48. The molecule has 0 fully saturated rings. The SMILES string of the molecule is Nc1c(O)ccn1N. The van der Waals surface area contributed by atoms with E-state index in [1.807, 2.05) is 0 Å². The van der Waals surface area contributed by atoms with Crippen molar-refractivity contribution in [3.63, 3.8) is 0 Å². The molecule has 0 bridgehead atoms. The molecule has 1 aromatic rings. The van der Waals surface area contributed by atoms with E-state index in [4.69, 9.17) is 16.7 Å². The van der Waals surface area contributed by atoms with Crippen molar-refractivity contribution < 1.29 is 5.11 Å². The third-order valence-electron chi connectivity index (χ3n) is 0.934. The predicted octanol–water partition coefficient (Wildman–Crippen LogP) is -0.510. The Morgan fingerprint density at radius 2 is 2.25 bits per heavy atom. The van der Waals surface area contributed by atoms with Crippen LogP contribution in [0.15, 0.2) is 12.3 Å². The maximum absolute atomic E-state index is 8.71. The van der Waals surface area contributed by atoms with Gasteiger partial charge >= 0.3 is 0 Å². The highest BCUT2D eigenvalue weighted by Crippen LogP contribution is 2.16. The normalized spacial score (nSPS) is 9.50. The Hall–Kier alpha value is -1.32. The van der Waals surface area contributed by atoms with Crippen molar-refractivity contribution >= 4 is 5.82 Å². The fourth-order valence-corrected chi connectivity index (χ4v) is 0.449. The van der Waals surface area contributed by atoms with Crippen LogP contribution in [0.2, 0.25) is 0 Å². The molecule has 4 heteroatoms. The Kier molecular flexibility index (Phi) is 0.802. The summed E-state index contributed by atoms with van der Waals surface area (Å²) in [5.41, 5.74) is 5.19. The average Bonchev–Trinajstić information content (AvgIpc) is 1.98. The van der Waals surface area contributed by atoms with Crippen molar-refractivity contribution in [2.75, 3.05) is 11.6 Å². The van der Waals surface area contributed by atoms with Gasteiger partial charge in [-0.3, -0.25) is 4.68 Å². The minimum Gasteiger partial charge on any atom is -0.504 e. The Labute approximate surface area is 46.3 Å². The van der Waals surface area contributed by atoms with E-state index in [1.165, 1.54) is 12.3 Å². The summed E-state index contributed by atoms with van der Waals surface area (Å²) < 4.78 is 1.15. The Bertz CT molecular complexity index is 174. The Morgan fingerprint density at radius 1 is 1.62 bits per heavy atom. The van der Waals surface area contributed by atoms with Gasteiger partial charge in [-0.15, -0.1) is 0 Å². The molecule has 0 spiro atoms. The van der Waals surface area contributed by atoms with Crippen LogP contribution in [-0.2, 0) is 0 Å². The molecule has 0 saturated carbocycles. The molecule has 0 unspecified atom stereocenters. The van der Waals surface area contributed by atoms with Crippen molar-refractivity contribution in [2.45, 2.75) is 0 Å². The third kappa shape index (κ3) is 0.465. The lowest BCUT2D eigenvalue weighted by Crippen LogP contribution is -2.09. The van der Waals surface area contributed by atoms with Gasteiger partial charge in [-0.2, -0.15) is 0 Å². The summed E-state index contributed by atoms with van der Waals surface area (Å²) >= 11 is 0. The van der Waals surface area contributed by atoms with Crippen LogP contribution in [0.25, 0.3) is 0 Å². The number of nitrogen functional groups attached to an aromatic ring is 2. The van der Waals surface area contributed by atoms with Crippen molar-refractivity contribution in [1.29, 1.82) is 0 Å². The van der Waals surface area contributed by atoms with E-state index in [0.717, 1.165) is 4.68 Å². The molecule has 5 N–H and O–H groups in total. The number of aromatic hydroxyl groups is 1. The molecule has 1 rings (SSSR count). The van der Waals surface area contributed by atoms with Crippen LogP contribution in [0.3, 0.4) is 0 Å². The zero-order valence-electron chi connectivity index (χ0n) is 4.20. The van der Waals surface area contributed by atoms with Crippen molar-refractivity contribution in [3.05, 3.63) is 12.3 Å². The molecule has 0 aliphatic rings. The summed E-state index contributed by atoms with van der Waals surface area (Å²) in [6.45, 7) is 0. The standard InChI is InChI=1S/C4H7N3O/c5-4-3(8)1-2-7(4)6/h1-2,8H,5-6H2. The van der Waals surface area contributed by atoms with Crippen LogP contribution in [0.4, 0.5) is 5.82 Å². The summed E-state index contributed by atoms with van der Waals surface area (Å²) in [7, 11) is 0. The third-order valence-corrected chi connectivity index (χ3v) is 0.934. The molecule has 0 amide bonds. The molecule has 0 saturated heterocycles. The monoisotopic (exact) mass is 113 g/mol. The number of anilines is 1. The highest BCUT2D eigenvalue weighted by molar-refractivity contribution is 5.46. The smallest absolute Gasteiger partial charge is 0.164 e. The van der Waals surface area contributed by atoms with Gasteiger partial charge in [-0.25, -0.2) is 0 Å². The summed E-state index contributed by atoms with van der Waals surface area (Å²) in [5.74, 6) is 5.38. The second-order valence-corrected chi connectivity index (χ2v) is 1.49. The Morgan fingerprint density at radius 3 is 2.38 bits per heavy atom.